The van der Waals surface area contributed by atoms with Crippen LogP contribution in [0, 0.1) is 0 Å². The van der Waals surface area contributed by atoms with Crippen molar-refractivity contribution in [2.24, 2.45) is 0 Å². The van der Waals surface area contributed by atoms with Crippen molar-refractivity contribution >= 4 is 11.3 Å². The quantitative estimate of drug-likeness (QED) is 0.740. The van der Waals surface area contributed by atoms with Gasteiger partial charge in [-0.1, -0.05) is 6.07 Å². The second kappa shape index (κ2) is 3.55. The van der Waals surface area contributed by atoms with E-state index in [0.717, 1.165) is 31.7 Å². The van der Waals surface area contributed by atoms with Crippen molar-refractivity contribution in [2.45, 2.75) is 0 Å². The number of fused-ring (bicyclic) bond motifs is 1. The highest BCUT2D eigenvalue weighted by atomic mass is 15.3. The molecule has 78 valence electrons. The monoisotopic (exact) mass is 202 g/mol. The van der Waals surface area contributed by atoms with Crippen LogP contribution >= 0.6 is 0 Å². The normalized spacial score (nSPS) is 17.2. The average Bonchev–Trinajstić information content (AvgIpc) is 2.78. The third kappa shape index (κ3) is 1.47. The van der Waals surface area contributed by atoms with Crippen LogP contribution in [-0.2, 0) is 0 Å². The number of nitrogens with one attached hydrogen (secondary N) is 1. The summed E-state index contributed by atoms with van der Waals surface area (Å²) < 4.78 is 2.14. The van der Waals surface area contributed by atoms with Gasteiger partial charge in [0, 0.05) is 26.2 Å². The van der Waals surface area contributed by atoms with Crippen molar-refractivity contribution in [3.05, 3.63) is 30.7 Å². The van der Waals surface area contributed by atoms with Gasteiger partial charge in [0.25, 0.3) is 0 Å². The first-order chi connectivity index (χ1) is 7.45. The zero-order valence-electron chi connectivity index (χ0n) is 8.56. The maximum Gasteiger partial charge on any atom is 0.114 e. The number of hydrogen-bond donors (Lipinski definition) is 1. The van der Waals surface area contributed by atoms with E-state index in [-0.39, 0.29) is 0 Å². The molecule has 3 heterocycles. The Kier molecular flexibility index (Phi) is 2.07. The molecule has 0 amide bonds. The minimum Gasteiger partial charge on any atom is -0.355 e. The Morgan fingerprint density at radius 2 is 2.07 bits per heavy atom. The SMILES string of the molecule is c1cc(N2CCNCC2)n2cncc2c1. The van der Waals surface area contributed by atoms with Crippen molar-refractivity contribution in [3.8, 4) is 0 Å². The molecule has 4 heteroatoms. The summed E-state index contributed by atoms with van der Waals surface area (Å²) in [5.74, 6) is 1.24. The summed E-state index contributed by atoms with van der Waals surface area (Å²) in [5.41, 5.74) is 1.16. The Balaban J connectivity index is 2.05. The number of anilines is 1. The minimum atomic E-state index is 1.06. The largest absolute Gasteiger partial charge is 0.355 e. The molecule has 0 radical (unpaired) electrons. The highest BCUT2D eigenvalue weighted by Gasteiger charge is 2.12. The van der Waals surface area contributed by atoms with Crippen LogP contribution in [0.15, 0.2) is 30.7 Å². The van der Waals surface area contributed by atoms with Gasteiger partial charge < -0.3 is 10.2 Å². The average molecular weight is 202 g/mol. The molecule has 0 atom stereocenters. The first-order valence-corrected chi connectivity index (χ1v) is 5.32. The Morgan fingerprint density at radius 1 is 1.20 bits per heavy atom. The number of pyridine rings is 1. The van der Waals surface area contributed by atoms with Crippen LogP contribution in [0.5, 0.6) is 0 Å². The standard InChI is InChI=1S/C11H14N4/c1-2-10-8-13-9-15(10)11(3-1)14-6-4-12-5-7-14/h1-3,8-9,12H,4-7H2. The Bertz CT molecular complexity index is 456. The number of hydrogen-bond acceptors (Lipinski definition) is 3. The summed E-state index contributed by atoms with van der Waals surface area (Å²) in [6.45, 7) is 4.25. The fourth-order valence-electron chi connectivity index (χ4n) is 2.08. The number of imidazole rings is 1. The lowest BCUT2D eigenvalue weighted by Gasteiger charge is -2.29. The lowest BCUT2D eigenvalue weighted by molar-refractivity contribution is 0.583. The summed E-state index contributed by atoms with van der Waals surface area (Å²) in [6, 6.07) is 6.33. The molecule has 1 aliphatic rings. The molecule has 1 saturated heterocycles. The zero-order valence-corrected chi connectivity index (χ0v) is 8.56. The van der Waals surface area contributed by atoms with E-state index in [1.165, 1.54) is 5.82 Å². The molecule has 0 saturated carbocycles. The zero-order chi connectivity index (χ0) is 10.1. The first kappa shape index (κ1) is 8.73. The van der Waals surface area contributed by atoms with Crippen LogP contribution in [-0.4, -0.2) is 35.6 Å². The smallest absolute Gasteiger partial charge is 0.114 e. The Labute approximate surface area is 88.5 Å². The summed E-state index contributed by atoms with van der Waals surface area (Å²) in [5, 5.41) is 3.36. The van der Waals surface area contributed by atoms with E-state index < -0.39 is 0 Å². The molecule has 2 aromatic rings. The molecular weight excluding hydrogens is 188 g/mol. The van der Waals surface area contributed by atoms with E-state index in [2.05, 4.69) is 37.8 Å². The van der Waals surface area contributed by atoms with Gasteiger partial charge in [0.05, 0.1) is 11.7 Å². The minimum absolute atomic E-state index is 1.06. The fourth-order valence-corrected chi connectivity index (χ4v) is 2.08. The van der Waals surface area contributed by atoms with Gasteiger partial charge in [0.1, 0.15) is 12.1 Å². The van der Waals surface area contributed by atoms with Crippen LogP contribution in [0.1, 0.15) is 0 Å². The number of rotatable bonds is 1. The third-order valence-electron chi connectivity index (χ3n) is 2.87. The lowest BCUT2D eigenvalue weighted by atomic mass is 10.3. The summed E-state index contributed by atoms with van der Waals surface area (Å²) in [4.78, 5) is 6.57. The van der Waals surface area contributed by atoms with E-state index in [9.17, 15) is 0 Å². The van der Waals surface area contributed by atoms with Crippen LogP contribution < -0.4 is 10.2 Å². The predicted molar refractivity (Wildman–Crippen MR) is 60.3 cm³/mol. The maximum atomic E-state index is 4.18. The lowest BCUT2D eigenvalue weighted by Crippen LogP contribution is -2.44. The molecule has 1 fully saturated rings. The molecule has 3 rings (SSSR count). The first-order valence-electron chi connectivity index (χ1n) is 5.32. The maximum absolute atomic E-state index is 4.18. The molecule has 0 aromatic carbocycles. The van der Waals surface area contributed by atoms with Crippen LogP contribution in [0.3, 0.4) is 0 Å². The van der Waals surface area contributed by atoms with E-state index in [4.69, 9.17) is 0 Å². The van der Waals surface area contributed by atoms with Crippen molar-refractivity contribution in [1.82, 2.24) is 14.7 Å². The van der Waals surface area contributed by atoms with Gasteiger partial charge >= 0.3 is 0 Å². The molecule has 0 unspecified atom stereocenters. The van der Waals surface area contributed by atoms with Crippen LogP contribution in [0.4, 0.5) is 5.82 Å². The molecule has 0 bridgehead atoms. The highest BCUT2D eigenvalue weighted by molar-refractivity contribution is 5.54. The molecule has 15 heavy (non-hydrogen) atoms. The third-order valence-corrected chi connectivity index (χ3v) is 2.87. The van der Waals surface area contributed by atoms with Crippen molar-refractivity contribution in [2.75, 3.05) is 31.1 Å². The second-order valence-corrected chi connectivity index (χ2v) is 3.81. The summed E-state index contributed by atoms with van der Waals surface area (Å²) in [7, 11) is 0. The predicted octanol–water partition coefficient (Wildman–Crippen LogP) is 0.744. The number of piperazine rings is 1. The van der Waals surface area contributed by atoms with Gasteiger partial charge in [-0.15, -0.1) is 0 Å². The van der Waals surface area contributed by atoms with Gasteiger partial charge in [0.15, 0.2) is 0 Å². The van der Waals surface area contributed by atoms with Crippen molar-refractivity contribution in [3.63, 3.8) is 0 Å². The van der Waals surface area contributed by atoms with E-state index in [1.807, 2.05) is 12.5 Å². The molecule has 0 spiro atoms. The Morgan fingerprint density at radius 3 is 2.93 bits per heavy atom. The van der Waals surface area contributed by atoms with Gasteiger partial charge in [0.2, 0.25) is 0 Å². The second-order valence-electron chi connectivity index (χ2n) is 3.81. The van der Waals surface area contributed by atoms with Gasteiger partial charge in [-0.2, -0.15) is 0 Å². The molecular formula is C11H14N4. The van der Waals surface area contributed by atoms with Gasteiger partial charge in [-0.3, -0.25) is 4.40 Å². The summed E-state index contributed by atoms with van der Waals surface area (Å²) >= 11 is 0. The van der Waals surface area contributed by atoms with Crippen molar-refractivity contribution < 1.29 is 0 Å². The molecule has 4 nitrogen and oxygen atoms in total. The summed E-state index contributed by atoms with van der Waals surface area (Å²) in [6.07, 6.45) is 3.78. The topological polar surface area (TPSA) is 32.6 Å². The molecule has 1 aliphatic heterocycles. The van der Waals surface area contributed by atoms with Gasteiger partial charge in [-0.25, -0.2) is 4.98 Å². The van der Waals surface area contributed by atoms with Crippen molar-refractivity contribution in [1.29, 1.82) is 0 Å². The number of aromatic nitrogens is 2. The highest BCUT2D eigenvalue weighted by Crippen LogP contribution is 2.16. The van der Waals surface area contributed by atoms with E-state index >= 15 is 0 Å². The van der Waals surface area contributed by atoms with E-state index in [1.54, 1.807) is 0 Å². The van der Waals surface area contributed by atoms with Crippen LogP contribution in [0.2, 0.25) is 0 Å². The molecule has 0 aliphatic carbocycles. The van der Waals surface area contributed by atoms with Gasteiger partial charge in [-0.05, 0) is 12.1 Å². The fraction of sp³-hybridized carbons (Fsp3) is 0.364. The Hall–Kier alpha value is -1.55. The molecule has 2 aromatic heterocycles. The molecule has 1 N–H and O–H groups in total. The van der Waals surface area contributed by atoms with Crippen LogP contribution in [0.25, 0.3) is 5.52 Å². The van der Waals surface area contributed by atoms with E-state index in [0.29, 0.717) is 0 Å². The number of nitrogens with zero attached hydrogens (tertiary/aromatic N) is 3.